The summed E-state index contributed by atoms with van der Waals surface area (Å²) < 4.78 is 2.24. The van der Waals surface area contributed by atoms with Gasteiger partial charge in [-0.15, -0.1) is 0 Å². The molecule has 5 nitrogen and oxygen atoms in total. The lowest BCUT2D eigenvalue weighted by Gasteiger charge is -2.13. The number of aryl methyl sites for hydroxylation is 1. The van der Waals surface area contributed by atoms with Gasteiger partial charge in [0.15, 0.2) is 5.96 Å². The van der Waals surface area contributed by atoms with Gasteiger partial charge in [-0.2, -0.15) is 11.8 Å². The monoisotopic (exact) mass is 333 g/mol. The summed E-state index contributed by atoms with van der Waals surface area (Å²) in [4.78, 5) is 8.87. The topological polar surface area (TPSA) is 54.2 Å². The standard InChI is InChI=1S/C17H27N5S/c1-14-21-15-8-4-5-9-16(15)22(14)12-11-20-17(18-2)19-10-6-7-13-23-3/h4-5,8-9H,6-7,10-13H2,1-3H3,(H2,18,19,20). The molecule has 0 aliphatic carbocycles. The predicted octanol–water partition coefficient (Wildman–Crippen LogP) is 2.65. The molecule has 1 aromatic heterocycles. The third kappa shape index (κ3) is 5.16. The molecule has 2 aromatic rings. The van der Waals surface area contributed by atoms with Crippen LogP contribution in [0.25, 0.3) is 11.0 Å². The van der Waals surface area contributed by atoms with Gasteiger partial charge in [0.05, 0.1) is 11.0 Å². The second kappa shape index (κ2) is 9.45. The van der Waals surface area contributed by atoms with Crippen LogP contribution in [0, 0.1) is 6.92 Å². The van der Waals surface area contributed by atoms with E-state index in [-0.39, 0.29) is 0 Å². The fourth-order valence-electron chi connectivity index (χ4n) is 2.56. The number of aliphatic imine (C=N–C) groups is 1. The first-order chi connectivity index (χ1) is 11.3. The van der Waals surface area contributed by atoms with E-state index in [1.165, 1.54) is 24.1 Å². The number of nitrogens with zero attached hydrogens (tertiary/aromatic N) is 3. The van der Waals surface area contributed by atoms with E-state index in [1.807, 2.05) is 24.9 Å². The average molecular weight is 334 g/mol. The maximum Gasteiger partial charge on any atom is 0.191 e. The second-order valence-electron chi connectivity index (χ2n) is 5.43. The molecule has 0 atom stereocenters. The molecule has 0 saturated heterocycles. The summed E-state index contributed by atoms with van der Waals surface area (Å²) >= 11 is 1.90. The van der Waals surface area contributed by atoms with Gasteiger partial charge in [0.25, 0.3) is 0 Å². The second-order valence-corrected chi connectivity index (χ2v) is 6.41. The third-order valence-electron chi connectivity index (χ3n) is 3.76. The number of hydrogen-bond acceptors (Lipinski definition) is 3. The third-order valence-corrected chi connectivity index (χ3v) is 4.46. The molecule has 0 bridgehead atoms. The molecule has 6 heteroatoms. The van der Waals surface area contributed by atoms with E-state index in [4.69, 9.17) is 0 Å². The molecule has 1 aromatic carbocycles. The molecule has 0 saturated carbocycles. The molecular weight excluding hydrogens is 306 g/mol. The van der Waals surface area contributed by atoms with Crippen LogP contribution >= 0.6 is 11.8 Å². The number of aromatic nitrogens is 2. The molecule has 1 heterocycles. The molecule has 0 amide bonds. The predicted molar refractivity (Wildman–Crippen MR) is 101 cm³/mol. The van der Waals surface area contributed by atoms with Crippen LogP contribution in [-0.4, -0.2) is 47.7 Å². The van der Waals surface area contributed by atoms with Gasteiger partial charge < -0.3 is 15.2 Å². The minimum atomic E-state index is 0.825. The SMILES string of the molecule is CN=C(NCCCCSC)NCCn1c(C)nc2ccccc21. The van der Waals surface area contributed by atoms with E-state index in [9.17, 15) is 0 Å². The molecule has 0 spiro atoms. The summed E-state index contributed by atoms with van der Waals surface area (Å²) in [6.45, 7) is 4.72. The van der Waals surface area contributed by atoms with Gasteiger partial charge in [-0.3, -0.25) is 4.99 Å². The minimum absolute atomic E-state index is 0.825. The Morgan fingerprint density at radius 3 is 2.78 bits per heavy atom. The summed E-state index contributed by atoms with van der Waals surface area (Å²) in [7, 11) is 1.81. The van der Waals surface area contributed by atoms with Crippen molar-refractivity contribution in [3.63, 3.8) is 0 Å². The van der Waals surface area contributed by atoms with E-state index in [2.05, 4.69) is 56.6 Å². The number of unbranched alkanes of at least 4 members (excludes halogenated alkanes) is 1. The fraction of sp³-hybridized carbons (Fsp3) is 0.529. The zero-order valence-corrected chi connectivity index (χ0v) is 15.1. The number of thioether (sulfide) groups is 1. The highest BCUT2D eigenvalue weighted by Gasteiger charge is 2.06. The Kier molecular flexibility index (Phi) is 7.26. The lowest BCUT2D eigenvalue weighted by Crippen LogP contribution is -2.39. The van der Waals surface area contributed by atoms with E-state index in [0.29, 0.717) is 0 Å². The molecular formula is C17H27N5S. The van der Waals surface area contributed by atoms with E-state index < -0.39 is 0 Å². The van der Waals surface area contributed by atoms with Crippen molar-refractivity contribution >= 4 is 28.8 Å². The first-order valence-electron chi connectivity index (χ1n) is 8.11. The minimum Gasteiger partial charge on any atom is -0.356 e. The highest BCUT2D eigenvalue weighted by molar-refractivity contribution is 7.98. The lowest BCUT2D eigenvalue weighted by molar-refractivity contribution is 0.655. The Morgan fingerprint density at radius 1 is 1.22 bits per heavy atom. The van der Waals surface area contributed by atoms with Crippen molar-refractivity contribution in [1.29, 1.82) is 0 Å². The van der Waals surface area contributed by atoms with Gasteiger partial charge in [0.1, 0.15) is 5.82 Å². The Morgan fingerprint density at radius 2 is 2.00 bits per heavy atom. The number of benzene rings is 1. The number of hydrogen-bond donors (Lipinski definition) is 2. The number of para-hydroxylation sites is 2. The Labute approximate surface area is 143 Å². The van der Waals surface area contributed by atoms with Crippen molar-refractivity contribution < 1.29 is 0 Å². The molecule has 23 heavy (non-hydrogen) atoms. The summed E-state index contributed by atoms with van der Waals surface area (Å²) in [5.74, 6) is 3.14. The number of imidazole rings is 1. The Bertz CT molecular complexity index is 635. The van der Waals surface area contributed by atoms with Crippen molar-refractivity contribution in [3.8, 4) is 0 Å². The van der Waals surface area contributed by atoms with Crippen LogP contribution < -0.4 is 10.6 Å². The normalized spacial score (nSPS) is 11.9. The summed E-state index contributed by atoms with van der Waals surface area (Å²) in [5, 5.41) is 6.74. The molecule has 126 valence electrons. The lowest BCUT2D eigenvalue weighted by atomic mass is 10.3. The van der Waals surface area contributed by atoms with Crippen molar-refractivity contribution in [2.45, 2.75) is 26.3 Å². The Hall–Kier alpha value is -1.69. The van der Waals surface area contributed by atoms with Crippen LogP contribution in [0.5, 0.6) is 0 Å². The summed E-state index contributed by atoms with van der Waals surface area (Å²) in [6.07, 6.45) is 4.56. The number of rotatable bonds is 8. The zero-order valence-electron chi connectivity index (χ0n) is 14.3. The molecule has 0 aliphatic rings. The maximum atomic E-state index is 4.60. The molecule has 0 fully saturated rings. The van der Waals surface area contributed by atoms with E-state index in [0.717, 1.165) is 36.9 Å². The smallest absolute Gasteiger partial charge is 0.191 e. The van der Waals surface area contributed by atoms with Crippen LogP contribution in [0.3, 0.4) is 0 Å². The Balaban J connectivity index is 1.79. The number of fused-ring (bicyclic) bond motifs is 1. The van der Waals surface area contributed by atoms with Gasteiger partial charge >= 0.3 is 0 Å². The highest BCUT2D eigenvalue weighted by atomic mass is 32.2. The van der Waals surface area contributed by atoms with E-state index in [1.54, 1.807) is 0 Å². The first kappa shape index (κ1) is 17.7. The summed E-state index contributed by atoms with van der Waals surface area (Å²) in [5.41, 5.74) is 2.24. The number of nitrogens with one attached hydrogen (secondary N) is 2. The zero-order chi connectivity index (χ0) is 16.5. The van der Waals surface area contributed by atoms with Crippen LogP contribution in [0.15, 0.2) is 29.3 Å². The molecule has 0 aliphatic heterocycles. The first-order valence-corrected chi connectivity index (χ1v) is 9.51. The van der Waals surface area contributed by atoms with Gasteiger partial charge in [0, 0.05) is 26.7 Å². The highest BCUT2D eigenvalue weighted by Crippen LogP contribution is 2.14. The van der Waals surface area contributed by atoms with Gasteiger partial charge in [-0.05, 0) is 43.9 Å². The number of guanidine groups is 1. The molecule has 2 rings (SSSR count). The van der Waals surface area contributed by atoms with Crippen LogP contribution in [0.2, 0.25) is 0 Å². The van der Waals surface area contributed by atoms with Crippen molar-refractivity contribution in [3.05, 3.63) is 30.1 Å². The molecule has 2 N–H and O–H groups in total. The van der Waals surface area contributed by atoms with Crippen LogP contribution in [0.4, 0.5) is 0 Å². The molecule has 0 unspecified atom stereocenters. The van der Waals surface area contributed by atoms with Crippen LogP contribution in [-0.2, 0) is 6.54 Å². The van der Waals surface area contributed by atoms with Crippen molar-refractivity contribution in [2.75, 3.05) is 32.1 Å². The largest absolute Gasteiger partial charge is 0.356 e. The summed E-state index contributed by atoms with van der Waals surface area (Å²) in [6, 6.07) is 8.26. The average Bonchev–Trinajstić information content (AvgIpc) is 2.88. The van der Waals surface area contributed by atoms with Crippen LogP contribution in [0.1, 0.15) is 18.7 Å². The van der Waals surface area contributed by atoms with Crippen molar-refractivity contribution in [2.24, 2.45) is 4.99 Å². The van der Waals surface area contributed by atoms with Gasteiger partial charge in [-0.25, -0.2) is 4.98 Å². The van der Waals surface area contributed by atoms with E-state index >= 15 is 0 Å². The van der Waals surface area contributed by atoms with Gasteiger partial charge in [-0.1, -0.05) is 12.1 Å². The molecule has 0 radical (unpaired) electrons. The fourth-order valence-corrected chi connectivity index (χ4v) is 3.06. The van der Waals surface area contributed by atoms with Crippen molar-refractivity contribution in [1.82, 2.24) is 20.2 Å². The van der Waals surface area contributed by atoms with Gasteiger partial charge in [0.2, 0.25) is 0 Å². The maximum absolute atomic E-state index is 4.60. The quantitative estimate of drug-likeness (QED) is 0.443.